The maximum absolute atomic E-state index is 13.7. The lowest BCUT2D eigenvalue weighted by atomic mass is 10.1. The Morgan fingerprint density at radius 2 is 1.79 bits per heavy atom. The molecule has 2 aromatic carbocycles. The topological polar surface area (TPSA) is 91.9 Å². The van der Waals surface area contributed by atoms with Crippen LogP contribution in [-0.2, 0) is 10.9 Å². The number of nitrogens with zero attached hydrogens (tertiary/aromatic N) is 5. The Bertz CT molecular complexity index is 1360. The van der Waals surface area contributed by atoms with Crippen LogP contribution in [0, 0.1) is 0 Å². The van der Waals surface area contributed by atoms with Crippen molar-refractivity contribution in [3.8, 4) is 22.6 Å². The smallest absolute Gasteiger partial charge is 0.434 e. The average molecular weight is 469 g/mol. The molecule has 11 heteroatoms. The highest BCUT2D eigenvalue weighted by atomic mass is 19.4. The molecule has 2 aromatic heterocycles. The van der Waals surface area contributed by atoms with Crippen molar-refractivity contribution in [1.29, 1.82) is 0 Å². The second-order valence-corrected chi connectivity index (χ2v) is 7.24. The first kappa shape index (κ1) is 22.9. The number of halogens is 3. The molecule has 4 rings (SSSR count). The number of rotatable bonds is 6. The van der Waals surface area contributed by atoms with Crippen LogP contribution in [0.5, 0.6) is 0 Å². The van der Waals surface area contributed by atoms with E-state index in [2.05, 4.69) is 15.4 Å². The summed E-state index contributed by atoms with van der Waals surface area (Å²) in [6, 6.07) is 12.9. The number of ether oxygens (including phenoxy) is 1. The summed E-state index contributed by atoms with van der Waals surface area (Å²) in [6.45, 7) is 2.91. The first-order valence-electron chi connectivity index (χ1n) is 10.2. The third-order valence-corrected chi connectivity index (χ3v) is 4.95. The summed E-state index contributed by atoms with van der Waals surface area (Å²) in [7, 11) is 0. The van der Waals surface area contributed by atoms with Crippen LogP contribution in [0.15, 0.2) is 60.9 Å². The van der Waals surface area contributed by atoms with Crippen LogP contribution in [0.1, 0.15) is 40.3 Å². The third kappa shape index (κ3) is 4.45. The number of aromatic nitrogens is 5. The molecule has 0 unspecified atom stereocenters. The van der Waals surface area contributed by atoms with E-state index in [0.717, 1.165) is 6.20 Å². The molecule has 2 heterocycles. The lowest BCUT2D eigenvalue weighted by Crippen LogP contribution is -2.18. The second-order valence-electron chi connectivity index (χ2n) is 7.24. The van der Waals surface area contributed by atoms with Crippen molar-refractivity contribution < 1.29 is 27.5 Å². The van der Waals surface area contributed by atoms with Crippen molar-refractivity contribution >= 4 is 11.8 Å². The summed E-state index contributed by atoms with van der Waals surface area (Å²) < 4.78 is 48.0. The van der Waals surface area contributed by atoms with Gasteiger partial charge in [-0.2, -0.15) is 18.3 Å². The Morgan fingerprint density at radius 3 is 2.44 bits per heavy atom. The highest BCUT2D eigenvalue weighted by Crippen LogP contribution is 2.34. The van der Waals surface area contributed by atoms with Gasteiger partial charge in [0.15, 0.2) is 11.5 Å². The molecule has 0 atom stereocenters. The Balaban J connectivity index is 1.65. The van der Waals surface area contributed by atoms with Gasteiger partial charge in [-0.3, -0.25) is 4.79 Å². The maximum Gasteiger partial charge on any atom is 0.434 e. The van der Waals surface area contributed by atoms with Crippen molar-refractivity contribution in [1.82, 2.24) is 24.8 Å². The van der Waals surface area contributed by atoms with Crippen LogP contribution in [0.25, 0.3) is 22.6 Å². The number of ketones is 1. The van der Waals surface area contributed by atoms with Crippen LogP contribution in [-0.4, -0.2) is 43.1 Å². The number of benzene rings is 2. The van der Waals surface area contributed by atoms with Crippen molar-refractivity contribution in [2.75, 3.05) is 6.61 Å². The molecular weight excluding hydrogens is 451 g/mol. The Kier molecular flexibility index (Phi) is 6.01. The van der Waals surface area contributed by atoms with E-state index in [-0.39, 0.29) is 18.1 Å². The van der Waals surface area contributed by atoms with E-state index in [1.54, 1.807) is 42.6 Å². The average Bonchev–Trinajstić information content (AvgIpc) is 3.47. The molecule has 0 radical (unpaired) electrons. The quantitative estimate of drug-likeness (QED) is 0.305. The molecular formula is C23H18F3N5O3. The van der Waals surface area contributed by atoms with E-state index >= 15 is 0 Å². The zero-order valence-corrected chi connectivity index (χ0v) is 18.1. The lowest BCUT2D eigenvalue weighted by molar-refractivity contribution is -0.143. The fourth-order valence-corrected chi connectivity index (χ4v) is 3.34. The van der Waals surface area contributed by atoms with Crippen LogP contribution in [0.3, 0.4) is 0 Å². The molecule has 0 aliphatic heterocycles. The van der Waals surface area contributed by atoms with Gasteiger partial charge in [-0.1, -0.05) is 29.5 Å². The molecule has 34 heavy (non-hydrogen) atoms. The summed E-state index contributed by atoms with van der Waals surface area (Å²) in [5.74, 6) is -1.18. The predicted octanol–water partition coefficient (Wildman–Crippen LogP) is 4.52. The SMILES string of the molecule is CCOC(=O)c1cnn(-c2ccc(-c3cn(-c4cccc(C(C)=O)c4)nn3)cc2)c1C(F)(F)F. The molecule has 0 spiro atoms. The van der Waals surface area contributed by atoms with Gasteiger partial charge in [0, 0.05) is 11.1 Å². The Morgan fingerprint density at radius 1 is 1.06 bits per heavy atom. The van der Waals surface area contributed by atoms with Gasteiger partial charge in [-0.15, -0.1) is 5.10 Å². The zero-order valence-electron chi connectivity index (χ0n) is 18.1. The Labute approximate surface area is 191 Å². The van der Waals surface area contributed by atoms with Gasteiger partial charge < -0.3 is 4.74 Å². The zero-order chi connectivity index (χ0) is 24.5. The fourth-order valence-electron chi connectivity index (χ4n) is 3.34. The summed E-state index contributed by atoms with van der Waals surface area (Å²) in [4.78, 5) is 23.6. The number of carbonyl (C=O) groups is 2. The van der Waals surface area contributed by atoms with Crippen LogP contribution in [0.2, 0.25) is 0 Å². The van der Waals surface area contributed by atoms with Gasteiger partial charge in [0.2, 0.25) is 0 Å². The normalized spacial score (nSPS) is 11.4. The number of alkyl halides is 3. The molecule has 0 amide bonds. The van der Waals surface area contributed by atoms with Gasteiger partial charge >= 0.3 is 12.1 Å². The summed E-state index contributed by atoms with van der Waals surface area (Å²) in [5.41, 5.74) is 0.478. The minimum atomic E-state index is -4.83. The molecule has 0 aliphatic rings. The molecule has 4 aromatic rings. The van der Waals surface area contributed by atoms with Gasteiger partial charge in [-0.25, -0.2) is 14.2 Å². The van der Waals surface area contributed by atoms with E-state index in [0.29, 0.717) is 27.2 Å². The van der Waals surface area contributed by atoms with Crippen LogP contribution >= 0.6 is 0 Å². The number of carbonyl (C=O) groups excluding carboxylic acids is 2. The molecule has 8 nitrogen and oxygen atoms in total. The van der Waals surface area contributed by atoms with Crippen molar-refractivity contribution in [2.45, 2.75) is 20.0 Å². The van der Waals surface area contributed by atoms with E-state index < -0.39 is 23.4 Å². The summed E-state index contributed by atoms with van der Waals surface area (Å²) >= 11 is 0. The number of hydrogen-bond donors (Lipinski definition) is 0. The van der Waals surface area contributed by atoms with Gasteiger partial charge in [0.05, 0.1) is 30.4 Å². The molecule has 0 N–H and O–H groups in total. The standard InChI is InChI=1S/C23H18F3N5O3/c1-3-34-22(33)19-12-27-31(21(19)23(24,25)26)17-9-7-15(8-10-17)20-13-30(29-28-20)18-6-4-5-16(11-18)14(2)32/h4-13H,3H2,1-2H3. The minimum absolute atomic E-state index is 0.0598. The number of hydrogen-bond acceptors (Lipinski definition) is 6. The largest absolute Gasteiger partial charge is 0.462 e. The van der Waals surface area contributed by atoms with Crippen LogP contribution < -0.4 is 0 Å². The molecule has 0 bridgehead atoms. The third-order valence-electron chi connectivity index (χ3n) is 4.95. The molecule has 0 aliphatic carbocycles. The highest BCUT2D eigenvalue weighted by molar-refractivity contribution is 5.94. The van der Waals surface area contributed by atoms with Gasteiger partial charge in [-0.05, 0) is 38.1 Å². The first-order chi connectivity index (χ1) is 16.2. The number of Topliss-reactive ketones (excluding diaryl/α,β-unsaturated/α-hetero) is 1. The van der Waals surface area contributed by atoms with E-state index in [9.17, 15) is 22.8 Å². The highest BCUT2D eigenvalue weighted by Gasteiger charge is 2.41. The van der Waals surface area contributed by atoms with Crippen molar-refractivity contribution in [3.05, 3.63) is 77.7 Å². The maximum atomic E-state index is 13.7. The second kappa shape index (κ2) is 8.93. The summed E-state index contributed by atoms with van der Waals surface area (Å²) in [6.07, 6.45) is -2.34. The lowest BCUT2D eigenvalue weighted by Gasteiger charge is -2.12. The molecule has 0 saturated heterocycles. The molecule has 0 fully saturated rings. The Hall–Kier alpha value is -4.28. The monoisotopic (exact) mass is 469 g/mol. The molecule has 0 saturated carbocycles. The van der Waals surface area contributed by atoms with Gasteiger partial charge in [0.1, 0.15) is 11.3 Å². The fraction of sp³-hybridized carbons (Fsp3) is 0.174. The van der Waals surface area contributed by atoms with E-state index in [4.69, 9.17) is 4.74 Å². The number of esters is 1. The molecule has 174 valence electrons. The van der Waals surface area contributed by atoms with Crippen LogP contribution in [0.4, 0.5) is 13.2 Å². The minimum Gasteiger partial charge on any atom is -0.462 e. The van der Waals surface area contributed by atoms with Crippen molar-refractivity contribution in [3.63, 3.8) is 0 Å². The predicted molar refractivity (Wildman–Crippen MR) is 115 cm³/mol. The van der Waals surface area contributed by atoms with Gasteiger partial charge in [0.25, 0.3) is 0 Å². The van der Waals surface area contributed by atoms with E-state index in [1.165, 1.54) is 30.7 Å². The van der Waals surface area contributed by atoms with E-state index in [1.807, 2.05) is 0 Å². The summed E-state index contributed by atoms with van der Waals surface area (Å²) in [5, 5.41) is 11.9. The van der Waals surface area contributed by atoms with Crippen molar-refractivity contribution in [2.24, 2.45) is 0 Å². The first-order valence-corrected chi connectivity index (χ1v) is 10.2.